The fourth-order valence-corrected chi connectivity index (χ4v) is 3.65. The van der Waals surface area contributed by atoms with E-state index in [4.69, 9.17) is 4.74 Å². The first-order valence-electron chi connectivity index (χ1n) is 9.66. The van der Waals surface area contributed by atoms with Gasteiger partial charge in [0.25, 0.3) is 5.91 Å². The van der Waals surface area contributed by atoms with E-state index in [2.05, 4.69) is 20.4 Å². The molecule has 6 nitrogen and oxygen atoms in total. The number of para-hydroxylation sites is 1. The number of nitrogens with one attached hydrogen (secondary N) is 2. The third kappa shape index (κ3) is 4.08. The van der Waals surface area contributed by atoms with Gasteiger partial charge in [-0.3, -0.25) is 9.89 Å². The molecule has 2 heterocycles. The second kappa shape index (κ2) is 8.34. The van der Waals surface area contributed by atoms with Crippen LogP contribution < -0.4 is 15.0 Å². The number of methoxy groups -OCH3 is 1. The van der Waals surface area contributed by atoms with Gasteiger partial charge in [-0.2, -0.15) is 5.10 Å². The van der Waals surface area contributed by atoms with Gasteiger partial charge in [-0.15, -0.1) is 0 Å². The van der Waals surface area contributed by atoms with Crippen LogP contribution in [0.1, 0.15) is 28.9 Å². The number of rotatable bonds is 6. The minimum Gasteiger partial charge on any atom is -0.496 e. The molecule has 4 rings (SSSR count). The van der Waals surface area contributed by atoms with Crippen molar-refractivity contribution < 1.29 is 13.9 Å². The van der Waals surface area contributed by atoms with Gasteiger partial charge in [0.05, 0.1) is 30.6 Å². The number of H-pyrrole nitrogens is 1. The Morgan fingerprint density at radius 1 is 1.21 bits per heavy atom. The Labute approximate surface area is 168 Å². The number of carbonyl (C=O) groups excluding carboxylic acids is 1. The summed E-state index contributed by atoms with van der Waals surface area (Å²) in [6, 6.07) is 13.9. The van der Waals surface area contributed by atoms with Gasteiger partial charge in [0.2, 0.25) is 0 Å². The van der Waals surface area contributed by atoms with Crippen LogP contribution >= 0.6 is 0 Å². The summed E-state index contributed by atoms with van der Waals surface area (Å²) < 4.78 is 19.2. The Morgan fingerprint density at radius 2 is 2.00 bits per heavy atom. The lowest BCUT2D eigenvalue weighted by Gasteiger charge is -2.21. The number of carbonyl (C=O) groups is 1. The average molecular weight is 394 g/mol. The van der Waals surface area contributed by atoms with Crippen molar-refractivity contribution in [2.24, 2.45) is 0 Å². The second-order valence-electron chi connectivity index (χ2n) is 7.01. The number of aromatic nitrogens is 2. The number of halogens is 1. The average Bonchev–Trinajstić information content (AvgIpc) is 3.44. The molecule has 1 aromatic heterocycles. The Kier molecular flexibility index (Phi) is 5.46. The number of nitrogens with zero attached hydrogens (tertiary/aromatic N) is 2. The number of hydrogen-bond donors (Lipinski definition) is 2. The molecule has 1 aliphatic rings. The molecule has 0 unspecified atom stereocenters. The van der Waals surface area contributed by atoms with Crippen molar-refractivity contribution in [1.82, 2.24) is 15.5 Å². The molecule has 2 aromatic carbocycles. The fraction of sp³-hybridized carbons (Fsp3) is 0.273. The van der Waals surface area contributed by atoms with Crippen LogP contribution in [0.5, 0.6) is 5.75 Å². The zero-order valence-electron chi connectivity index (χ0n) is 16.2. The van der Waals surface area contributed by atoms with Crippen LogP contribution in [0.3, 0.4) is 0 Å². The zero-order valence-corrected chi connectivity index (χ0v) is 16.2. The van der Waals surface area contributed by atoms with Gasteiger partial charge in [-0.05, 0) is 49.2 Å². The van der Waals surface area contributed by atoms with E-state index in [1.165, 1.54) is 12.1 Å². The van der Waals surface area contributed by atoms with E-state index < -0.39 is 5.82 Å². The Bertz CT molecular complexity index is 1010. The third-order valence-corrected chi connectivity index (χ3v) is 5.11. The minimum atomic E-state index is -0.420. The van der Waals surface area contributed by atoms with Crippen LogP contribution in [0.15, 0.2) is 48.5 Å². The van der Waals surface area contributed by atoms with Gasteiger partial charge >= 0.3 is 0 Å². The summed E-state index contributed by atoms with van der Waals surface area (Å²) in [5.41, 5.74) is 3.50. The van der Waals surface area contributed by atoms with Gasteiger partial charge in [0.15, 0.2) is 0 Å². The van der Waals surface area contributed by atoms with Crippen molar-refractivity contribution in [3.8, 4) is 17.0 Å². The first-order valence-corrected chi connectivity index (χ1v) is 9.66. The van der Waals surface area contributed by atoms with Crippen molar-refractivity contribution in [2.75, 3.05) is 25.1 Å². The summed E-state index contributed by atoms with van der Waals surface area (Å²) in [7, 11) is 1.62. The van der Waals surface area contributed by atoms with E-state index in [0.29, 0.717) is 11.3 Å². The molecule has 29 heavy (non-hydrogen) atoms. The van der Waals surface area contributed by atoms with E-state index in [1.807, 2.05) is 30.3 Å². The first kappa shape index (κ1) is 19.0. The lowest BCUT2D eigenvalue weighted by Crippen LogP contribution is -2.27. The molecule has 2 N–H and O–H groups in total. The standard InChI is InChI=1S/C22H23FN4O2/c1-29-21-7-3-2-6-17(21)19-13-16(25-26-19)14-24-22(28)18-12-15(23)8-9-20(18)27-10-4-5-11-27/h2-3,6-9,12-13H,4-5,10-11,14H2,1H3,(H,24,28)(H,25,26). The SMILES string of the molecule is COc1ccccc1-c1cc(CNC(=O)c2cc(F)ccc2N2CCCC2)n[nH]1. The molecule has 0 radical (unpaired) electrons. The molecule has 0 saturated carbocycles. The van der Waals surface area contributed by atoms with E-state index in [0.717, 1.165) is 48.6 Å². The largest absolute Gasteiger partial charge is 0.496 e. The van der Waals surface area contributed by atoms with E-state index >= 15 is 0 Å². The molecule has 0 bridgehead atoms. The number of amides is 1. The molecule has 7 heteroatoms. The van der Waals surface area contributed by atoms with Gasteiger partial charge in [-0.1, -0.05) is 12.1 Å². The normalized spacial score (nSPS) is 13.5. The van der Waals surface area contributed by atoms with Crippen LogP contribution in [0.2, 0.25) is 0 Å². The van der Waals surface area contributed by atoms with Crippen molar-refractivity contribution in [3.05, 3.63) is 65.6 Å². The molecule has 1 aliphatic heterocycles. The predicted octanol–water partition coefficient (Wildman–Crippen LogP) is 3.75. The minimum absolute atomic E-state index is 0.237. The van der Waals surface area contributed by atoms with Crippen LogP contribution in [0.4, 0.5) is 10.1 Å². The Hall–Kier alpha value is -3.35. The van der Waals surface area contributed by atoms with E-state index in [-0.39, 0.29) is 12.5 Å². The van der Waals surface area contributed by atoms with Crippen molar-refractivity contribution in [1.29, 1.82) is 0 Å². The molecular weight excluding hydrogens is 371 g/mol. The number of benzene rings is 2. The molecule has 0 spiro atoms. The number of ether oxygens (including phenoxy) is 1. The summed E-state index contributed by atoms with van der Waals surface area (Å²) in [6.45, 7) is 2.00. The molecular formula is C22H23FN4O2. The molecule has 150 valence electrons. The maximum atomic E-state index is 13.8. The van der Waals surface area contributed by atoms with Gasteiger partial charge in [-0.25, -0.2) is 4.39 Å². The van der Waals surface area contributed by atoms with Crippen molar-refractivity contribution in [3.63, 3.8) is 0 Å². The quantitative estimate of drug-likeness (QED) is 0.668. The number of aromatic amines is 1. The molecule has 3 aromatic rings. The van der Waals surface area contributed by atoms with E-state index in [9.17, 15) is 9.18 Å². The summed E-state index contributed by atoms with van der Waals surface area (Å²) in [6.07, 6.45) is 2.16. The van der Waals surface area contributed by atoms with Crippen LogP contribution in [0.25, 0.3) is 11.3 Å². The van der Waals surface area contributed by atoms with Crippen molar-refractivity contribution in [2.45, 2.75) is 19.4 Å². The summed E-state index contributed by atoms with van der Waals surface area (Å²) in [5, 5.41) is 10.1. The van der Waals surface area contributed by atoms with Crippen LogP contribution in [-0.4, -0.2) is 36.3 Å². The maximum Gasteiger partial charge on any atom is 0.253 e. The highest BCUT2D eigenvalue weighted by atomic mass is 19.1. The lowest BCUT2D eigenvalue weighted by molar-refractivity contribution is 0.0950. The predicted molar refractivity (Wildman–Crippen MR) is 110 cm³/mol. The van der Waals surface area contributed by atoms with Crippen LogP contribution in [-0.2, 0) is 6.54 Å². The van der Waals surface area contributed by atoms with E-state index in [1.54, 1.807) is 13.2 Å². The zero-order chi connectivity index (χ0) is 20.2. The topological polar surface area (TPSA) is 70.2 Å². The first-order chi connectivity index (χ1) is 14.2. The lowest BCUT2D eigenvalue weighted by atomic mass is 10.1. The second-order valence-corrected chi connectivity index (χ2v) is 7.01. The highest BCUT2D eigenvalue weighted by Crippen LogP contribution is 2.28. The highest BCUT2D eigenvalue weighted by Gasteiger charge is 2.20. The molecule has 1 fully saturated rings. The molecule has 0 atom stereocenters. The summed E-state index contributed by atoms with van der Waals surface area (Å²) >= 11 is 0. The van der Waals surface area contributed by atoms with Gasteiger partial charge < -0.3 is 15.0 Å². The number of anilines is 1. The summed E-state index contributed by atoms with van der Waals surface area (Å²) in [5.74, 6) is 0.00585. The van der Waals surface area contributed by atoms with Crippen molar-refractivity contribution >= 4 is 11.6 Å². The monoisotopic (exact) mass is 394 g/mol. The fourth-order valence-electron chi connectivity index (χ4n) is 3.65. The maximum absolute atomic E-state index is 13.8. The summed E-state index contributed by atoms with van der Waals surface area (Å²) in [4.78, 5) is 14.9. The highest BCUT2D eigenvalue weighted by molar-refractivity contribution is 5.99. The molecule has 1 saturated heterocycles. The van der Waals surface area contributed by atoms with Gasteiger partial charge in [0.1, 0.15) is 11.6 Å². The number of hydrogen-bond acceptors (Lipinski definition) is 4. The Morgan fingerprint density at radius 3 is 2.79 bits per heavy atom. The smallest absolute Gasteiger partial charge is 0.253 e. The molecule has 0 aliphatic carbocycles. The van der Waals surface area contributed by atoms with Crippen LogP contribution in [0, 0.1) is 5.82 Å². The molecule has 1 amide bonds. The Balaban J connectivity index is 1.48. The third-order valence-electron chi connectivity index (χ3n) is 5.11. The van der Waals surface area contributed by atoms with Gasteiger partial charge in [0, 0.05) is 24.3 Å².